The summed E-state index contributed by atoms with van der Waals surface area (Å²) in [5.74, 6) is 0.722. The first-order valence-electron chi connectivity index (χ1n) is 9.82. The first-order chi connectivity index (χ1) is 16.0. The van der Waals surface area contributed by atoms with Crippen molar-refractivity contribution < 1.29 is 13.2 Å². The van der Waals surface area contributed by atoms with E-state index >= 15 is 0 Å². The number of imidazole rings is 1. The zero-order valence-corrected chi connectivity index (χ0v) is 17.7. The highest BCUT2D eigenvalue weighted by Gasteiger charge is 2.30. The smallest absolute Gasteiger partial charge is 0.364 e. The summed E-state index contributed by atoms with van der Waals surface area (Å²) in [6, 6.07) is 10.4. The Balaban J connectivity index is 1.51. The average molecular weight is 467 g/mol. The van der Waals surface area contributed by atoms with E-state index in [9.17, 15) is 13.2 Å². The second kappa shape index (κ2) is 8.51. The van der Waals surface area contributed by atoms with Crippen LogP contribution in [0.3, 0.4) is 0 Å². The number of pyridine rings is 1. The molecule has 2 N–H and O–H groups in total. The molecular formula is C22H16F3N7S. The number of alkyl halides is 3. The third-order valence-corrected chi connectivity index (χ3v) is 5.50. The second-order valence-electron chi connectivity index (χ2n) is 7.08. The Labute approximate surface area is 190 Å². The third kappa shape index (κ3) is 4.48. The number of hydrogen-bond donors (Lipinski definition) is 2. The van der Waals surface area contributed by atoms with Crippen molar-refractivity contribution in [3.63, 3.8) is 0 Å². The molecule has 5 aromatic rings. The molecule has 0 aliphatic heterocycles. The van der Waals surface area contributed by atoms with Crippen LogP contribution in [0.4, 0.5) is 30.6 Å². The van der Waals surface area contributed by atoms with Crippen molar-refractivity contribution in [3.8, 4) is 5.69 Å². The van der Waals surface area contributed by atoms with Crippen LogP contribution in [0.25, 0.3) is 16.9 Å². The van der Waals surface area contributed by atoms with Gasteiger partial charge in [-0.2, -0.15) is 34.5 Å². The van der Waals surface area contributed by atoms with Gasteiger partial charge < -0.3 is 10.6 Å². The lowest BCUT2D eigenvalue weighted by Gasteiger charge is -2.11. The van der Waals surface area contributed by atoms with Crippen molar-refractivity contribution in [1.29, 1.82) is 0 Å². The number of anilines is 3. The van der Waals surface area contributed by atoms with Gasteiger partial charge in [-0.3, -0.25) is 9.55 Å². The number of fused-ring (bicyclic) bond motifs is 1. The van der Waals surface area contributed by atoms with Crippen LogP contribution in [0, 0.1) is 0 Å². The van der Waals surface area contributed by atoms with E-state index in [0.29, 0.717) is 29.2 Å². The first-order valence-corrected chi connectivity index (χ1v) is 10.8. The van der Waals surface area contributed by atoms with E-state index in [1.54, 1.807) is 30.1 Å². The molecule has 0 atom stereocenters. The number of hydrogen-bond acceptors (Lipinski definition) is 7. The van der Waals surface area contributed by atoms with Gasteiger partial charge in [0.15, 0.2) is 17.0 Å². The number of thiophene rings is 1. The van der Waals surface area contributed by atoms with Crippen molar-refractivity contribution >= 4 is 40.0 Å². The van der Waals surface area contributed by atoms with Crippen LogP contribution in [-0.2, 0) is 12.7 Å². The number of rotatable bonds is 6. The molecule has 11 heteroatoms. The summed E-state index contributed by atoms with van der Waals surface area (Å²) in [6.45, 7) is 0.463. The number of nitrogens with zero attached hydrogens (tertiary/aromatic N) is 5. The highest BCUT2D eigenvalue weighted by Crippen LogP contribution is 2.31. The van der Waals surface area contributed by atoms with Crippen LogP contribution in [0.5, 0.6) is 0 Å². The summed E-state index contributed by atoms with van der Waals surface area (Å²) in [7, 11) is 0. The van der Waals surface area contributed by atoms with E-state index in [1.807, 2.05) is 33.5 Å². The first kappa shape index (κ1) is 20.9. The molecule has 5 rings (SSSR count). The maximum absolute atomic E-state index is 12.9. The lowest BCUT2D eigenvalue weighted by Crippen LogP contribution is -2.07. The molecular weight excluding hydrogens is 451 g/mol. The minimum Gasteiger partial charge on any atom is -0.364 e. The molecule has 7 nitrogen and oxygen atoms in total. The van der Waals surface area contributed by atoms with Crippen molar-refractivity contribution in [3.05, 3.63) is 83.1 Å². The quantitative estimate of drug-likeness (QED) is 0.336. The third-order valence-electron chi connectivity index (χ3n) is 4.83. The van der Waals surface area contributed by atoms with Crippen molar-refractivity contribution in [1.82, 2.24) is 24.5 Å². The van der Waals surface area contributed by atoms with Crippen molar-refractivity contribution in [2.45, 2.75) is 12.7 Å². The molecule has 0 bridgehead atoms. The van der Waals surface area contributed by atoms with E-state index in [0.717, 1.165) is 23.4 Å². The van der Waals surface area contributed by atoms with E-state index in [4.69, 9.17) is 0 Å². The largest absolute Gasteiger partial charge is 0.416 e. The molecule has 0 aliphatic carbocycles. The fraction of sp³-hybridized carbons (Fsp3) is 0.0909. The monoisotopic (exact) mass is 467 g/mol. The predicted molar refractivity (Wildman–Crippen MR) is 121 cm³/mol. The average Bonchev–Trinajstić information content (AvgIpc) is 3.48. The standard InChI is InChI=1S/C22H16F3N7S/c23-22(24,25)15-3-5-16(6-4-15)29-21-30-19(27-11-14-2-1-8-26-10-14)18-20(31-21)32(13-28-18)17-7-9-33-12-17/h1-10,12-13H,11H2,(H2,27,29,30,31). The minimum atomic E-state index is -4.40. The summed E-state index contributed by atoms with van der Waals surface area (Å²) >= 11 is 1.55. The van der Waals surface area contributed by atoms with E-state index in [1.165, 1.54) is 12.1 Å². The van der Waals surface area contributed by atoms with Crippen LogP contribution >= 0.6 is 11.3 Å². The molecule has 1 aromatic carbocycles. The van der Waals surface area contributed by atoms with Gasteiger partial charge in [0.1, 0.15) is 6.33 Å². The molecule has 166 valence electrons. The van der Waals surface area contributed by atoms with Crippen LogP contribution in [-0.4, -0.2) is 24.5 Å². The van der Waals surface area contributed by atoms with Gasteiger partial charge in [-0.1, -0.05) is 6.07 Å². The van der Waals surface area contributed by atoms with Crippen LogP contribution < -0.4 is 10.6 Å². The Hall–Kier alpha value is -3.99. The SMILES string of the molecule is FC(F)(F)c1ccc(Nc2nc(NCc3cccnc3)c3ncn(-c4ccsc4)c3n2)cc1. The fourth-order valence-electron chi connectivity index (χ4n) is 3.22. The lowest BCUT2D eigenvalue weighted by molar-refractivity contribution is -0.137. The zero-order chi connectivity index (χ0) is 22.8. The van der Waals surface area contributed by atoms with Gasteiger partial charge in [-0.25, -0.2) is 4.98 Å². The van der Waals surface area contributed by atoms with Gasteiger partial charge in [0.25, 0.3) is 0 Å². The minimum absolute atomic E-state index is 0.230. The number of aromatic nitrogens is 5. The maximum Gasteiger partial charge on any atom is 0.416 e. The van der Waals surface area contributed by atoms with Gasteiger partial charge >= 0.3 is 6.18 Å². The summed E-state index contributed by atoms with van der Waals surface area (Å²) in [5.41, 5.74) is 2.70. The van der Waals surface area contributed by atoms with Crippen LogP contribution in [0.1, 0.15) is 11.1 Å². The number of benzene rings is 1. The van der Waals surface area contributed by atoms with Gasteiger partial charge in [0.2, 0.25) is 5.95 Å². The molecule has 33 heavy (non-hydrogen) atoms. The van der Waals surface area contributed by atoms with Gasteiger partial charge in [0.05, 0.1) is 11.3 Å². The molecule has 0 radical (unpaired) electrons. The van der Waals surface area contributed by atoms with Crippen molar-refractivity contribution in [2.24, 2.45) is 0 Å². The zero-order valence-electron chi connectivity index (χ0n) is 16.9. The molecule has 0 saturated heterocycles. The highest BCUT2D eigenvalue weighted by molar-refractivity contribution is 7.08. The lowest BCUT2D eigenvalue weighted by atomic mass is 10.2. The molecule has 0 spiro atoms. The highest BCUT2D eigenvalue weighted by atomic mass is 32.1. The molecule has 0 fully saturated rings. The van der Waals surface area contributed by atoms with E-state index in [2.05, 4.69) is 30.6 Å². The Morgan fingerprint density at radius 1 is 1.03 bits per heavy atom. The Kier molecular flexibility index (Phi) is 5.38. The van der Waals surface area contributed by atoms with Gasteiger partial charge in [-0.05, 0) is 47.3 Å². The van der Waals surface area contributed by atoms with Crippen LogP contribution in [0.2, 0.25) is 0 Å². The molecule has 0 aliphatic rings. The topological polar surface area (TPSA) is 80.5 Å². The summed E-state index contributed by atoms with van der Waals surface area (Å²) in [5, 5.41) is 10.2. The molecule has 0 amide bonds. The molecule has 4 heterocycles. The molecule has 0 saturated carbocycles. The van der Waals surface area contributed by atoms with Crippen molar-refractivity contribution in [2.75, 3.05) is 10.6 Å². The normalized spacial score (nSPS) is 11.6. The maximum atomic E-state index is 12.9. The van der Waals surface area contributed by atoms with E-state index in [-0.39, 0.29) is 5.95 Å². The molecule has 0 unspecified atom stereocenters. The Morgan fingerprint density at radius 3 is 2.58 bits per heavy atom. The fourth-order valence-corrected chi connectivity index (χ4v) is 3.85. The van der Waals surface area contributed by atoms with Gasteiger partial charge in [-0.15, -0.1) is 0 Å². The Morgan fingerprint density at radius 2 is 1.88 bits per heavy atom. The summed E-state index contributed by atoms with van der Waals surface area (Å²) < 4.78 is 40.5. The number of nitrogens with one attached hydrogen (secondary N) is 2. The van der Waals surface area contributed by atoms with Crippen LogP contribution in [0.15, 0.2) is 71.9 Å². The Bertz CT molecular complexity index is 1370. The second-order valence-corrected chi connectivity index (χ2v) is 7.86. The number of halogens is 3. The summed E-state index contributed by atoms with van der Waals surface area (Å²) in [4.78, 5) is 17.7. The van der Waals surface area contributed by atoms with Gasteiger partial charge in [0, 0.05) is 30.0 Å². The molecule has 4 aromatic heterocycles. The van der Waals surface area contributed by atoms with E-state index < -0.39 is 11.7 Å². The predicted octanol–water partition coefficient (Wildman–Crippen LogP) is 5.65. The summed E-state index contributed by atoms with van der Waals surface area (Å²) in [6.07, 6.45) is 0.709.